The summed E-state index contributed by atoms with van der Waals surface area (Å²) in [6, 6.07) is 1.78. The zero-order chi connectivity index (χ0) is 15.7. The second-order valence-electron chi connectivity index (χ2n) is 5.30. The lowest BCUT2D eigenvalue weighted by Gasteiger charge is -2.35. The number of nitrogens with zero attached hydrogens (tertiary/aromatic N) is 1. The maximum absolute atomic E-state index is 12.7. The van der Waals surface area contributed by atoms with E-state index in [1.165, 1.54) is 0 Å². The number of hydrogen-bond acceptors (Lipinski definition) is 4. The van der Waals surface area contributed by atoms with Gasteiger partial charge >= 0.3 is 6.18 Å². The van der Waals surface area contributed by atoms with Gasteiger partial charge in [0.25, 0.3) is 5.91 Å². The van der Waals surface area contributed by atoms with Gasteiger partial charge in [-0.15, -0.1) is 0 Å². The molecular weight excluding hydrogens is 287 g/mol. The quantitative estimate of drug-likeness (QED) is 0.897. The summed E-state index contributed by atoms with van der Waals surface area (Å²) in [6.07, 6.45) is -3.12. The minimum atomic E-state index is -4.59. The molecule has 1 aliphatic heterocycles. The molecule has 3 N–H and O–H groups in total. The predicted molar refractivity (Wildman–Crippen MR) is 69.8 cm³/mol. The van der Waals surface area contributed by atoms with Crippen molar-refractivity contribution in [2.75, 3.05) is 18.5 Å². The topological polar surface area (TPSA) is 77.2 Å². The average molecular weight is 303 g/mol. The highest BCUT2D eigenvalue weighted by molar-refractivity contribution is 5.97. The van der Waals surface area contributed by atoms with Crippen LogP contribution in [0, 0.1) is 0 Å². The number of rotatable bonds is 3. The Morgan fingerprint density at radius 2 is 2.19 bits per heavy atom. The highest BCUT2D eigenvalue weighted by Gasteiger charge is 2.35. The Labute approximate surface area is 119 Å². The highest BCUT2D eigenvalue weighted by atomic mass is 19.4. The molecule has 1 fully saturated rings. The molecule has 1 aromatic rings. The fraction of sp³-hybridized carbons (Fsp3) is 0.538. The van der Waals surface area contributed by atoms with Gasteiger partial charge in [-0.1, -0.05) is 0 Å². The van der Waals surface area contributed by atoms with Gasteiger partial charge in [0.1, 0.15) is 11.5 Å². The molecule has 1 amide bonds. The number of ether oxygens (including phenoxy) is 1. The van der Waals surface area contributed by atoms with E-state index in [4.69, 9.17) is 10.5 Å². The number of halogens is 3. The molecule has 1 aromatic heterocycles. The van der Waals surface area contributed by atoms with Crippen molar-refractivity contribution < 1.29 is 22.7 Å². The normalized spacial score (nSPS) is 22.9. The van der Waals surface area contributed by atoms with Crippen LogP contribution in [0.5, 0.6) is 0 Å². The first-order chi connectivity index (χ1) is 9.71. The largest absolute Gasteiger partial charge is 0.433 e. The molecule has 1 atom stereocenters. The Kier molecular flexibility index (Phi) is 4.08. The molecule has 5 nitrogen and oxygen atoms in total. The highest BCUT2D eigenvalue weighted by Crippen LogP contribution is 2.31. The van der Waals surface area contributed by atoms with Gasteiger partial charge in [0, 0.05) is 6.61 Å². The van der Waals surface area contributed by atoms with Crippen LogP contribution < -0.4 is 11.1 Å². The molecule has 8 heteroatoms. The Morgan fingerprint density at radius 3 is 2.71 bits per heavy atom. The van der Waals surface area contributed by atoms with Crippen LogP contribution in [-0.2, 0) is 10.9 Å². The smallest absolute Gasteiger partial charge is 0.379 e. The van der Waals surface area contributed by atoms with E-state index in [0.29, 0.717) is 19.6 Å². The van der Waals surface area contributed by atoms with Crippen LogP contribution in [0.3, 0.4) is 0 Å². The van der Waals surface area contributed by atoms with Crippen LogP contribution in [0.15, 0.2) is 12.1 Å². The van der Waals surface area contributed by atoms with Crippen molar-refractivity contribution in [2.45, 2.75) is 31.5 Å². The van der Waals surface area contributed by atoms with Crippen molar-refractivity contribution in [3.05, 3.63) is 23.4 Å². The summed E-state index contributed by atoms with van der Waals surface area (Å²) in [6.45, 7) is 2.73. The van der Waals surface area contributed by atoms with Crippen LogP contribution in [0.4, 0.5) is 19.0 Å². The molecule has 1 saturated heterocycles. The number of alkyl halides is 3. The van der Waals surface area contributed by atoms with Crippen molar-refractivity contribution in [1.29, 1.82) is 0 Å². The lowest BCUT2D eigenvalue weighted by atomic mass is 9.94. The van der Waals surface area contributed by atoms with E-state index >= 15 is 0 Å². The maximum atomic E-state index is 12.7. The molecule has 2 rings (SSSR count). The standard InChI is InChI=1S/C13H16F3N3O2/c1-12(5-2-6-21-7-12)19-11-8(10(17)20)3-4-9(18-11)13(14,15)16/h3-4H,2,5-7H2,1H3,(H2,17,20)(H,18,19). The molecule has 1 unspecified atom stereocenters. The number of hydrogen-bond donors (Lipinski definition) is 2. The number of carbonyl (C=O) groups excluding carboxylic acids is 1. The summed E-state index contributed by atoms with van der Waals surface area (Å²) in [4.78, 5) is 14.9. The third-order valence-electron chi connectivity index (χ3n) is 3.31. The van der Waals surface area contributed by atoms with Gasteiger partial charge in [-0.3, -0.25) is 4.79 Å². The maximum Gasteiger partial charge on any atom is 0.433 e. The van der Waals surface area contributed by atoms with Crippen molar-refractivity contribution in [1.82, 2.24) is 4.98 Å². The third kappa shape index (κ3) is 3.63. The Balaban J connectivity index is 2.36. The van der Waals surface area contributed by atoms with E-state index in [-0.39, 0.29) is 11.4 Å². The number of anilines is 1. The van der Waals surface area contributed by atoms with Crippen molar-refractivity contribution in [3.63, 3.8) is 0 Å². The van der Waals surface area contributed by atoms with Crippen molar-refractivity contribution >= 4 is 11.7 Å². The average Bonchev–Trinajstić information content (AvgIpc) is 2.37. The lowest BCUT2D eigenvalue weighted by molar-refractivity contribution is -0.141. The molecule has 0 aliphatic carbocycles. The number of aromatic nitrogens is 1. The number of carbonyl (C=O) groups is 1. The predicted octanol–water partition coefficient (Wildman–Crippen LogP) is 2.18. The second kappa shape index (κ2) is 5.51. The summed E-state index contributed by atoms with van der Waals surface area (Å²) >= 11 is 0. The second-order valence-corrected chi connectivity index (χ2v) is 5.30. The van der Waals surface area contributed by atoms with Gasteiger partial charge in [0.05, 0.1) is 17.7 Å². The van der Waals surface area contributed by atoms with Gasteiger partial charge in [-0.2, -0.15) is 13.2 Å². The van der Waals surface area contributed by atoms with Gasteiger partial charge in [-0.25, -0.2) is 4.98 Å². The van der Waals surface area contributed by atoms with Crippen LogP contribution in [0.1, 0.15) is 35.8 Å². The molecule has 21 heavy (non-hydrogen) atoms. The van der Waals surface area contributed by atoms with E-state index in [0.717, 1.165) is 18.6 Å². The van der Waals surface area contributed by atoms with Gasteiger partial charge < -0.3 is 15.8 Å². The van der Waals surface area contributed by atoms with Crippen LogP contribution in [0.2, 0.25) is 0 Å². The Bertz CT molecular complexity index is 540. The Morgan fingerprint density at radius 1 is 1.48 bits per heavy atom. The van der Waals surface area contributed by atoms with E-state index in [2.05, 4.69) is 10.3 Å². The molecule has 0 aromatic carbocycles. The zero-order valence-electron chi connectivity index (χ0n) is 11.5. The summed E-state index contributed by atoms with van der Waals surface area (Å²) < 4.78 is 43.6. The first-order valence-electron chi connectivity index (χ1n) is 6.45. The van der Waals surface area contributed by atoms with E-state index in [9.17, 15) is 18.0 Å². The zero-order valence-corrected chi connectivity index (χ0v) is 11.5. The number of nitrogens with one attached hydrogen (secondary N) is 1. The van der Waals surface area contributed by atoms with Gasteiger partial charge in [0.2, 0.25) is 0 Å². The van der Waals surface area contributed by atoms with E-state index in [1.807, 2.05) is 0 Å². The minimum absolute atomic E-state index is 0.0743. The molecule has 0 saturated carbocycles. The molecule has 0 radical (unpaired) electrons. The molecule has 0 bridgehead atoms. The summed E-state index contributed by atoms with van der Waals surface area (Å²) in [7, 11) is 0. The monoisotopic (exact) mass is 303 g/mol. The summed E-state index contributed by atoms with van der Waals surface area (Å²) in [5.74, 6) is -0.996. The fourth-order valence-corrected chi connectivity index (χ4v) is 2.23. The van der Waals surface area contributed by atoms with Crippen LogP contribution in [0.25, 0.3) is 0 Å². The number of amides is 1. The fourth-order valence-electron chi connectivity index (χ4n) is 2.23. The van der Waals surface area contributed by atoms with Crippen LogP contribution in [-0.4, -0.2) is 29.6 Å². The lowest BCUT2D eigenvalue weighted by Crippen LogP contribution is -2.44. The van der Waals surface area contributed by atoms with Crippen molar-refractivity contribution in [3.8, 4) is 0 Å². The SMILES string of the molecule is CC1(Nc2nc(C(F)(F)F)ccc2C(N)=O)CCCOC1. The number of pyridine rings is 1. The molecular formula is C13H16F3N3O2. The molecule has 116 valence electrons. The summed E-state index contributed by atoms with van der Waals surface area (Å²) in [5.41, 5.74) is 3.46. The third-order valence-corrected chi connectivity index (χ3v) is 3.31. The molecule has 2 heterocycles. The van der Waals surface area contributed by atoms with Gasteiger partial charge in [0.15, 0.2) is 0 Å². The molecule has 0 spiro atoms. The minimum Gasteiger partial charge on any atom is -0.379 e. The van der Waals surface area contributed by atoms with Gasteiger partial charge in [-0.05, 0) is 31.9 Å². The van der Waals surface area contributed by atoms with E-state index in [1.54, 1.807) is 6.92 Å². The first-order valence-corrected chi connectivity index (χ1v) is 6.45. The molecule has 1 aliphatic rings. The summed E-state index contributed by atoms with van der Waals surface area (Å²) in [5, 5.41) is 2.88. The Hall–Kier alpha value is -1.83. The number of nitrogens with two attached hydrogens (primary N) is 1. The van der Waals surface area contributed by atoms with Crippen molar-refractivity contribution in [2.24, 2.45) is 5.73 Å². The van der Waals surface area contributed by atoms with E-state index < -0.39 is 23.3 Å². The number of primary amides is 1. The first kappa shape index (κ1) is 15.6. The van der Waals surface area contributed by atoms with Crippen LogP contribution >= 0.6 is 0 Å².